The molecule has 3 N–H and O–H groups in total. The lowest BCUT2D eigenvalue weighted by molar-refractivity contribution is 1.50. The van der Waals surface area contributed by atoms with Gasteiger partial charge in [-0.2, -0.15) is 0 Å². The Balaban J connectivity index is 3.20. The van der Waals surface area contributed by atoms with Crippen molar-refractivity contribution in [2.24, 2.45) is 5.73 Å². The Morgan fingerprint density at radius 2 is 2.20 bits per heavy atom. The summed E-state index contributed by atoms with van der Waals surface area (Å²) in [5.41, 5.74) is 4.66. The molecule has 0 aromatic heterocycles. The molecule has 0 aromatic carbocycles. The molecule has 0 saturated carbocycles. The third kappa shape index (κ3) is 3.56. The van der Waals surface area contributed by atoms with Crippen molar-refractivity contribution < 1.29 is 0 Å². The molecule has 0 rings (SSSR count). The molecule has 0 unspecified atom stereocenters. The summed E-state index contributed by atoms with van der Waals surface area (Å²) in [5.74, 6) is -0.181. The lowest BCUT2D eigenvalue weighted by atomic mass is 10.7. The van der Waals surface area contributed by atoms with Gasteiger partial charge in [0, 0.05) is 0 Å². The van der Waals surface area contributed by atoms with E-state index in [-0.39, 0.29) is 5.84 Å². The summed E-state index contributed by atoms with van der Waals surface area (Å²) in [6.45, 7) is 0. The lowest BCUT2D eigenvalue weighted by Crippen LogP contribution is -2.07. The van der Waals surface area contributed by atoms with E-state index >= 15 is 0 Å². The van der Waals surface area contributed by atoms with Crippen LogP contribution in [0.5, 0.6) is 0 Å². The van der Waals surface area contributed by atoms with Crippen LogP contribution in [-0.4, -0.2) is 11.2 Å². The van der Waals surface area contributed by atoms with Crippen LogP contribution < -0.4 is 5.73 Å². The van der Waals surface area contributed by atoms with Crippen LogP contribution >= 0.6 is 12.2 Å². The van der Waals surface area contributed by atoms with Crippen molar-refractivity contribution >= 4 is 23.4 Å². The fraction of sp³-hybridized carbons (Fsp3) is 0. The van der Waals surface area contributed by atoms with Gasteiger partial charge in [0.25, 0.3) is 0 Å². The van der Waals surface area contributed by atoms with Crippen molar-refractivity contribution in [1.82, 2.24) is 0 Å². The molecule has 0 saturated heterocycles. The van der Waals surface area contributed by atoms with Gasteiger partial charge >= 0.3 is 0 Å². The molecule has 5 heavy (non-hydrogen) atoms. The molecular formula is C2H3N2S. The van der Waals surface area contributed by atoms with E-state index in [2.05, 4.69) is 18.0 Å². The Morgan fingerprint density at radius 3 is 2.20 bits per heavy atom. The molecule has 0 spiro atoms. The Kier molecular flexibility index (Phi) is 1.68. The van der Waals surface area contributed by atoms with Gasteiger partial charge in [0.2, 0.25) is 0 Å². The normalized spacial score (nSPS) is 6.40. The van der Waals surface area contributed by atoms with E-state index in [1.165, 1.54) is 0 Å². The van der Waals surface area contributed by atoms with Gasteiger partial charge < -0.3 is 5.73 Å². The second-order valence-electron chi connectivity index (χ2n) is 0.516. The number of nitrogens with one attached hydrogen (secondary N) is 1. The van der Waals surface area contributed by atoms with Crippen molar-refractivity contribution in [2.75, 3.05) is 0 Å². The standard InChI is InChI=1S/C2H3N2S/c3-2(4)1-5/h(H3,3,4). The fourth-order valence-electron chi connectivity index (χ4n) is 0. The third-order valence-electron chi connectivity index (χ3n) is 0.110. The largest absolute Gasteiger partial charge is 0.383 e. The minimum atomic E-state index is -0.181. The van der Waals surface area contributed by atoms with Crippen molar-refractivity contribution in [3.63, 3.8) is 0 Å². The van der Waals surface area contributed by atoms with Gasteiger partial charge in [-0.05, 0) is 0 Å². The molecule has 0 aliphatic carbocycles. The number of rotatable bonds is 1. The van der Waals surface area contributed by atoms with E-state index in [0.29, 0.717) is 0 Å². The average Bonchev–Trinajstić information content (AvgIpc) is 1.38. The van der Waals surface area contributed by atoms with E-state index in [4.69, 9.17) is 5.41 Å². The highest BCUT2D eigenvalue weighted by Gasteiger charge is 1.67. The number of nitrogens with two attached hydrogens (primary N) is 1. The number of hydrogen-bond donors (Lipinski definition) is 2. The van der Waals surface area contributed by atoms with E-state index in [1.807, 2.05) is 5.37 Å². The highest BCUT2D eigenvalue weighted by molar-refractivity contribution is 7.80. The van der Waals surface area contributed by atoms with E-state index in [9.17, 15) is 0 Å². The number of hydrogen-bond acceptors (Lipinski definition) is 2. The Bertz CT molecular complexity index is 58.7. The second kappa shape index (κ2) is 1.84. The summed E-state index contributed by atoms with van der Waals surface area (Å²) in [7, 11) is 0. The van der Waals surface area contributed by atoms with Crippen LogP contribution in [0.1, 0.15) is 0 Å². The first-order valence-corrected chi connectivity index (χ1v) is 1.40. The Morgan fingerprint density at radius 1 is 2.00 bits per heavy atom. The molecule has 0 amide bonds. The fourth-order valence-corrected chi connectivity index (χ4v) is 0. The molecular weight excluding hydrogens is 84.1 g/mol. The zero-order valence-corrected chi connectivity index (χ0v) is 3.30. The monoisotopic (exact) mass is 87.0 g/mol. The third-order valence-corrected chi connectivity index (χ3v) is 0.330. The maximum absolute atomic E-state index is 6.31. The first-order valence-electron chi connectivity index (χ1n) is 0.993. The topological polar surface area (TPSA) is 49.9 Å². The van der Waals surface area contributed by atoms with Gasteiger partial charge in [-0.3, -0.25) is 5.41 Å². The predicted octanol–water partition coefficient (Wildman–Crippen LogP) is -0.201. The van der Waals surface area contributed by atoms with Crippen LogP contribution in [0.25, 0.3) is 0 Å². The molecule has 0 aliphatic heterocycles. The first-order chi connectivity index (χ1) is 2.27. The molecule has 27 valence electrons. The molecule has 0 aromatic rings. The van der Waals surface area contributed by atoms with Crippen LogP contribution in [0.15, 0.2) is 0 Å². The van der Waals surface area contributed by atoms with Crippen LogP contribution in [0.2, 0.25) is 0 Å². The highest BCUT2D eigenvalue weighted by atomic mass is 32.1. The highest BCUT2D eigenvalue weighted by Crippen LogP contribution is 1.43. The summed E-state index contributed by atoms with van der Waals surface area (Å²) in [6, 6.07) is 0. The quantitative estimate of drug-likeness (QED) is 0.264. The first kappa shape index (κ1) is 4.56. The lowest BCUT2D eigenvalue weighted by Gasteiger charge is -1.68. The molecule has 0 aliphatic rings. The van der Waals surface area contributed by atoms with Crippen molar-refractivity contribution in [3.8, 4) is 0 Å². The molecule has 0 atom stereocenters. The summed E-state index contributed by atoms with van der Waals surface area (Å²) >= 11 is 4.08. The van der Waals surface area contributed by atoms with E-state index in [0.717, 1.165) is 0 Å². The molecule has 0 heterocycles. The van der Waals surface area contributed by atoms with Gasteiger partial charge in [-0.25, -0.2) is 0 Å². The number of thiocarbonyl (C=S) groups is 1. The van der Waals surface area contributed by atoms with Crippen molar-refractivity contribution in [3.05, 3.63) is 0 Å². The maximum atomic E-state index is 6.31. The Labute approximate surface area is 35.5 Å². The maximum Gasteiger partial charge on any atom is 0.135 e. The average molecular weight is 87.1 g/mol. The summed E-state index contributed by atoms with van der Waals surface area (Å²) in [6.07, 6.45) is 0. The minimum Gasteiger partial charge on any atom is -0.383 e. The smallest absolute Gasteiger partial charge is 0.135 e. The van der Waals surface area contributed by atoms with Crippen molar-refractivity contribution in [2.45, 2.75) is 0 Å². The van der Waals surface area contributed by atoms with Crippen molar-refractivity contribution in [1.29, 1.82) is 5.41 Å². The molecule has 0 fully saturated rings. The van der Waals surface area contributed by atoms with Gasteiger partial charge in [0.1, 0.15) is 11.2 Å². The zero-order valence-electron chi connectivity index (χ0n) is 2.49. The predicted molar refractivity (Wildman–Crippen MR) is 24.5 cm³/mol. The molecule has 1 radical (unpaired) electrons. The van der Waals surface area contributed by atoms with Gasteiger partial charge in [-0.1, -0.05) is 12.2 Å². The van der Waals surface area contributed by atoms with Crippen LogP contribution in [-0.2, 0) is 0 Å². The number of amidine groups is 1. The summed E-state index contributed by atoms with van der Waals surface area (Å²) in [5, 5.41) is 8.28. The van der Waals surface area contributed by atoms with Gasteiger partial charge in [-0.15, -0.1) is 0 Å². The Hall–Kier alpha value is -0.440. The molecule has 2 nitrogen and oxygen atoms in total. The van der Waals surface area contributed by atoms with E-state index < -0.39 is 0 Å². The minimum absolute atomic E-state index is 0.181. The molecule has 0 bridgehead atoms. The van der Waals surface area contributed by atoms with E-state index in [1.54, 1.807) is 0 Å². The summed E-state index contributed by atoms with van der Waals surface area (Å²) in [4.78, 5) is 0. The zero-order chi connectivity index (χ0) is 4.28. The summed E-state index contributed by atoms with van der Waals surface area (Å²) < 4.78 is 0. The van der Waals surface area contributed by atoms with Gasteiger partial charge in [0.15, 0.2) is 0 Å². The van der Waals surface area contributed by atoms with Crippen LogP contribution in [0.4, 0.5) is 0 Å². The SMILES string of the molecule is N=C(N)[C]=S. The van der Waals surface area contributed by atoms with Gasteiger partial charge in [0.05, 0.1) is 0 Å². The second-order valence-corrected chi connectivity index (χ2v) is 0.720. The molecule has 3 heteroatoms. The van der Waals surface area contributed by atoms with Crippen LogP contribution in [0.3, 0.4) is 0 Å². The van der Waals surface area contributed by atoms with Crippen LogP contribution in [0, 0.1) is 5.41 Å².